The molecule has 0 aliphatic heterocycles. The third-order valence-electron chi connectivity index (χ3n) is 1.82. The number of esters is 2. The van der Waals surface area contributed by atoms with Crippen molar-refractivity contribution in [1.29, 1.82) is 0 Å². The molecule has 1 atom stereocenters. The van der Waals surface area contributed by atoms with E-state index in [1.165, 1.54) is 0 Å². The largest absolute Gasteiger partial charge is 0.392 e. The van der Waals surface area contributed by atoms with Crippen molar-refractivity contribution >= 4 is 11.9 Å². The van der Waals surface area contributed by atoms with Gasteiger partial charge in [0.2, 0.25) is 0 Å². The zero-order valence-corrected chi connectivity index (χ0v) is 8.78. The third kappa shape index (κ3) is 7.01. The molecule has 6 N–H and O–H groups in total. The molecule has 0 amide bonds. The van der Waals surface area contributed by atoms with Gasteiger partial charge >= 0.3 is 11.9 Å². The van der Waals surface area contributed by atoms with Crippen molar-refractivity contribution in [3.63, 3.8) is 0 Å². The number of rotatable bonds is 7. The molecule has 0 spiro atoms. The van der Waals surface area contributed by atoms with E-state index in [4.69, 9.17) is 17.2 Å². The van der Waals surface area contributed by atoms with E-state index in [9.17, 15) is 9.59 Å². The van der Waals surface area contributed by atoms with Gasteiger partial charge in [0.1, 0.15) is 6.04 Å². The molecule has 0 radical (unpaired) electrons. The Hall–Kier alpha value is -0.980. The van der Waals surface area contributed by atoms with Gasteiger partial charge in [-0.1, -0.05) is 0 Å². The molecule has 0 aromatic heterocycles. The van der Waals surface area contributed by atoms with Crippen LogP contribution >= 0.6 is 0 Å². The van der Waals surface area contributed by atoms with Gasteiger partial charge in [0.25, 0.3) is 0 Å². The van der Waals surface area contributed by atoms with Gasteiger partial charge in [0, 0.05) is 6.42 Å². The van der Waals surface area contributed by atoms with E-state index in [-0.39, 0.29) is 6.42 Å². The Morgan fingerprint density at radius 2 is 1.73 bits per heavy atom. The number of nitrogens with two attached hydrogens (primary N) is 3. The Labute approximate surface area is 89.1 Å². The average molecular weight is 217 g/mol. The van der Waals surface area contributed by atoms with E-state index >= 15 is 0 Å². The first-order valence-corrected chi connectivity index (χ1v) is 5.02. The molecule has 0 bridgehead atoms. The van der Waals surface area contributed by atoms with Crippen molar-refractivity contribution in [1.82, 2.24) is 0 Å². The molecule has 0 aliphatic carbocycles. The minimum atomic E-state index is -0.768. The first-order valence-electron chi connectivity index (χ1n) is 5.02. The molecule has 6 nitrogen and oxygen atoms in total. The summed E-state index contributed by atoms with van der Waals surface area (Å²) in [6, 6.07) is -0.768. The predicted molar refractivity (Wildman–Crippen MR) is 55.7 cm³/mol. The quantitative estimate of drug-likeness (QED) is 0.366. The lowest BCUT2D eigenvalue weighted by atomic mass is 10.2. The fraction of sp³-hybridized carbons (Fsp3) is 0.778. The molecule has 0 fully saturated rings. The van der Waals surface area contributed by atoms with E-state index in [2.05, 4.69) is 4.74 Å². The van der Waals surface area contributed by atoms with Gasteiger partial charge in [-0.2, -0.15) is 0 Å². The van der Waals surface area contributed by atoms with Crippen molar-refractivity contribution in [2.45, 2.75) is 31.7 Å². The van der Waals surface area contributed by atoms with Crippen molar-refractivity contribution in [2.75, 3.05) is 13.1 Å². The van der Waals surface area contributed by atoms with Gasteiger partial charge in [0.15, 0.2) is 0 Å². The standard InChI is InChI=1S/C9H19N3O3/c10-5-1-3-7(12)9(14)15-8(13)4-2-6-11/h7H,1-6,10-12H2/t7-/m1/s1. The van der Waals surface area contributed by atoms with Crippen molar-refractivity contribution < 1.29 is 14.3 Å². The lowest BCUT2D eigenvalue weighted by molar-refractivity contribution is -0.160. The normalized spacial score (nSPS) is 12.2. The van der Waals surface area contributed by atoms with Crippen LogP contribution in [-0.4, -0.2) is 31.1 Å². The van der Waals surface area contributed by atoms with Gasteiger partial charge in [-0.15, -0.1) is 0 Å². The van der Waals surface area contributed by atoms with Crippen molar-refractivity contribution in [3.8, 4) is 0 Å². The van der Waals surface area contributed by atoms with Crippen LogP contribution < -0.4 is 17.2 Å². The van der Waals surface area contributed by atoms with Crippen LogP contribution in [-0.2, 0) is 14.3 Å². The molecule has 0 aromatic carbocycles. The third-order valence-corrected chi connectivity index (χ3v) is 1.82. The smallest absolute Gasteiger partial charge is 0.330 e. The number of carbonyl (C=O) groups excluding carboxylic acids is 2. The molecule has 15 heavy (non-hydrogen) atoms. The molecule has 0 saturated carbocycles. The lowest BCUT2D eigenvalue weighted by Gasteiger charge is -2.09. The monoisotopic (exact) mass is 217 g/mol. The van der Waals surface area contributed by atoms with Crippen LogP contribution in [0, 0.1) is 0 Å². The topological polar surface area (TPSA) is 121 Å². The molecular formula is C9H19N3O3. The summed E-state index contributed by atoms with van der Waals surface area (Å²) in [7, 11) is 0. The number of hydrogen-bond donors (Lipinski definition) is 3. The summed E-state index contributed by atoms with van der Waals surface area (Å²) in [6.07, 6.45) is 1.71. The van der Waals surface area contributed by atoms with E-state index in [1.54, 1.807) is 0 Å². The highest BCUT2D eigenvalue weighted by atomic mass is 16.6. The second kappa shape index (κ2) is 8.34. The first-order chi connectivity index (χ1) is 7.11. The van der Waals surface area contributed by atoms with Crippen molar-refractivity contribution in [3.05, 3.63) is 0 Å². The van der Waals surface area contributed by atoms with Crippen LogP contribution in [0.1, 0.15) is 25.7 Å². The Bertz CT molecular complexity index is 209. The van der Waals surface area contributed by atoms with Crippen LogP contribution in [0.4, 0.5) is 0 Å². The zero-order valence-electron chi connectivity index (χ0n) is 8.78. The highest BCUT2D eigenvalue weighted by Crippen LogP contribution is 1.98. The molecule has 0 rings (SSSR count). The summed E-state index contributed by atoms with van der Waals surface area (Å²) in [5.41, 5.74) is 15.9. The molecule has 88 valence electrons. The van der Waals surface area contributed by atoms with E-state index in [0.717, 1.165) is 0 Å². The summed E-state index contributed by atoms with van der Waals surface area (Å²) < 4.78 is 4.51. The minimum Gasteiger partial charge on any atom is -0.392 e. The number of ether oxygens (including phenoxy) is 1. The first kappa shape index (κ1) is 14.0. The van der Waals surface area contributed by atoms with E-state index in [1.807, 2.05) is 0 Å². The summed E-state index contributed by atoms with van der Waals surface area (Å²) in [5, 5.41) is 0. The Kier molecular flexibility index (Phi) is 7.79. The Morgan fingerprint density at radius 3 is 2.27 bits per heavy atom. The molecule has 0 heterocycles. The molecule has 0 aromatic rings. The molecule has 0 unspecified atom stereocenters. The molecular weight excluding hydrogens is 198 g/mol. The zero-order chi connectivity index (χ0) is 11.7. The maximum absolute atomic E-state index is 11.2. The summed E-state index contributed by atoms with van der Waals surface area (Å²) >= 11 is 0. The number of hydrogen-bond acceptors (Lipinski definition) is 6. The maximum atomic E-state index is 11.2. The SMILES string of the molecule is NCCCC(=O)OC(=O)[C@H](N)CCCN. The summed E-state index contributed by atoms with van der Waals surface area (Å²) in [5.74, 6) is -1.26. The fourth-order valence-corrected chi connectivity index (χ4v) is 0.941. The van der Waals surface area contributed by atoms with Crippen LogP contribution in [0.2, 0.25) is 0 Å². The van der Waals surface area contributed by atoms with E-state index < -0.39 is 18.0 Å². The second-order valence-electron chi connectivity index (χ2n) is 3.22. The Balaban J connectivity index is 3.75. The van der Waals surface area contributed by atoms with Crippen LogP contribution in [0.15, 0.2) is 0 Å². The Morgan fingerprint density at radius 1 is 1.13 bits per heavy atom. The van der Waals surface area contributed by atoms with Gasteiger partial charge in [-0.05, 0) is 32.4 Å². The predicted octanol–water partition coefficient (Wildman–Crippen LogP) is -1.14. The lowest BCUT2D eigenvalue weighted by Crippen LogP contribution is -2.34. The highest BCUT2D eigenvalue weighted by Gasteiger charge is 2.17. The van der Waals surface area contributed by atoms with Gasteiger partial charge in [-0.3, -0.25) is 4.79 Å². The second-order valence-corrected chi connectivity index (χ2v) is 3.22. The minimum absolute atomic E-state index is 0.145. The number of carbonyl (C=O) groups is 2. The van der Waals surface area contributed by atoms with Crippen LogP contribution in [0.5, 0.6) is 0 Å². The summed E-state index contributed by atoms with van der Waals surface area (Å²) in [6.45, 7) is 0.852. The van der Waals surface area contributed by atoms with Gasteiger partial charge in [-0.25, -0.2) is 4.79 Å². The highest BCUT2D eigenvalue weighted by molar-refractivity contribution is 5.88. The molecule has 6 heteroatoms. The fourth-order valence-electron chi connectivity index (χ4n) is 0.941. The van der Waals surface area contributed by atoms with E-state index in [0.29, 0.717) is 32.4 Å². The van der Waals surface area contributed by atoms with Gasteiger partial charge < -0.3 is 21.9 Å². The van der Waals surface area contributed by atoms with Crippen LogP contribution in [0.3, 0.4) is 0 Å². The van der Waals surface area contributed by atoms with Crippen LogP contribution in [0.25, 0.3) is 0 Å². The van der Waals surface area contributed by atoms with Crippen molar-refractivity contribution in [2.24, 2.45) is 17.2 Å². The summed E-state index contributed by atoms with van der Waals surface area (Å²) in [4.78, 5) is 22.2. The van der Waals surface area contributed by atoms with Gasteiger partial charge in [0.05, 0.1) is 0 Å². The average Bonchev–Trinajstić information content (AvgIpc) is 2.22. The molecule has 0 aliphatic rings. The maximum Gasteiger partial charge on any atom is 0.330 e. The molecule has 0 saturated heterocycles.